The Morgan fingerprint density at radius 2 is 1.66 bits per heavy atom. The van der Waals surface area contributed by atoms with Gasteiger partial charge in [0, 0.05) is 17.0 Å². The zero-order chi connectivity index (χ0) is 27.1. The fraction of sp³-hybridized carbons (Fsp3) is 0.367. The molecule has 3 saturated carbocycles. The van der Waals surface area contributed by atoms with E-state index in [1.165, 1.54) is 12.1 Å². The largest absolute Gasteiger partial charge is 0.618 e. The second-order valence-corrected chi connectivity index (χ2v) is 11.1. The van der Waals surface area contributed by atoms with E-state index in [1.807, 2.05) is 30.3 Å². The zero-order valence-corrected chi connectivity index (χ0v) is 21.9. The number of nitrogens with zero attached hydrogens (tertiary/aromatic N) is 1. The van der Waals surface area contributed by atoms with Gasteiger partial charge in [-0.3, -0.25) is 9.59 Å². The number of benzene rings is 2. The Kier molecular flexibility index (Phi) is 6.99. The third-order valence-electron chi connectivity index (χ3n) is 8.61. The Morgan fingerprint density at radius 3 is 2.26 bits per heavy atom. The maximum absolute atomic E-state index is 14.6. The van der Waals surface area contributed by atoms with Gasteiger partial charge in [0.25, 0.3) is 0 Å². The second-order valence-electron chi connectivity index (χ2n) is 10.7. The van der Waals surface area contributed by atoms with Gasteiger partial charge in [-0.2, -0.15) is 4.73 Å². The summed E-state index contributed by atoms with van der Waals surface area (Å²) in [5, 5.41) is 16.2. The third kappa shape index (κ3) is 4.80. The molecule has 5 nitrogen and oxygen atoms in total. The highest BCUT2D eigenvalue weighted by Gasteiger charge is 2.52. The molecule has 3 fully saturated rings. The van der Waals surface area contributed by atoms with Gasteiger partial charge >= 0.3 is 0 Å². The Bertz CT molecular complexity index is 1370. The molecule has 2 bridgehead atoms. The highest BCUT2D eigenvalue weighted by molar-refractivity contribution is 6.31. The monoisotopic (exact) mass is 538 g/mol. The van der Waals surface area contributed by atoms with Crippen LogP contribution >= 0.6 is 11.6 Å². The molecule has 2 aromatic carbocycles. The fourth-order valence-corrected chi connectivity index (χ4v) is 6.29. The molecule has 1 atom stereocenters. The predicted octanol–water partition coefficient (Wildman–Crippen LogP) is 6.04. The number of hydrogen-bond donors (Lipinski definition) is 1. The molecule has 38 heavy (non-hydrogen) atoms. The summed E-state index contributed by atoms with van der Waals surface area (Å²) >= 11 is 5.84. The van der Waals surface area contributed by atoms with E-state index in [4.69, 9.17) is 11.6 Å². The van der Waals surface area contributed by atoms with E-state index in [0.717, 1.165) is 62.4 Å². The lowest BCUT2D eigenvalue weighted by Gasteiger charge is -2.52. The molecule has 1 aromatic heterocycles. The molecule has 1 unspecified atom stereocenters. The number of Topliss-reactive ketones (excluding diaryl/α,β-unsaturated/α-hetero) is 1. The van der Waals surface area contributed by atoms with Gasteiger partial charge in [-0.05, 0) is 75.6 Å². The van der Waals surface area contributed by atoms with E-state index >= 15 is 0 Å². The van der Waals surface area contributed by atoms with Gasteiger partial charge in [0.1, 0.15) is 17.5 Å². The second kappa shape index (κ2) is 10.1. The minimum atomic E-state index is -0.951. The Labute approximate surface area is 225 Å². The number of carbonyl (C=O) groups is 2. The first kappa shape index (κ1) is 26.3. The average Bonchev–Trinajstić information content (AvgIpc) is 2.91. The number of ketones is 1. The summed E-state index contributed by atoms with van der Waals surface area (Å²) in [6.45, 7) is 1.66. The first-order valence-corrected chi connectivity index (χ1v) is 13.2. The molecule has 6 rings (SSSR count). The molecule has 8 heteroatoms. The first-order chi connectivity index (χ1) is 18.1. The number of hydrogen-bond acceptors (Lipinski definition) is 3. The summed E-state index contributed by atoms with van der Waals surface area (Å²) in [6.07, 6.45) is 5.78. The molecule has 198 valence electrons. The van der Waals surface area contributed by atoms with Crippen LogP contribution in [0.2, 0.25) is 5.02 Å². The number of carbonyl (C=O) groups excluding carboxylic acids is 2. The molecule has 3 aliphatic carbocycles. The molecule has 3 aliphatic rings. The first-order valence-electron chi connectivity index (χ1n) is 12.9. The minimum Gasteiger partial charge on any atom is -0.618 e. The number of nitrogens with one attached hydrogen (secondary N) is 1. The van der Waals surface area contributed by atoms with Crippen LogP contribution in [-0.4, -0.2) is 17.2 Å². The van der Waals surface area contributed by atoms with Gasteiger partial charge in [0.2, 0.25) is 11.6 Å². The van der Waals surface area contributed by atoms with Crippen LogP contribution in [0.3, 0.4) is 0 Å². The van der Waals surface area contributed by atoms with Crippen molar-refractivity contribution in [2.24, 2.45) is 5.41 Å². The van der Waals surface area contributed by atoms with Crippen LogP contribution in [0.25, 0.3) is 11.1 Å². The predicted molar refractivity (Wildman–Crippen MR) is 140 cm³/mol. The molecule has 1 heterocycles. The van der Waals surface area contributed by atoms with E-state index in [2.05, 4.69) is 5.32 Å². The molecule has 0 radical (unpaired) electrons. The fourth-order valence-electron chi connectivity index (χ4n) is 6.13. The summed E-state index contributed by atoms with van der Waals surface area (Å²) in [6, 6.07) is 14.4. The van der Waals surface area contributed by atoms with Crippen LogP contribution in [-0.2, 0) is 16.0 Å². The van der Waals surface area contributed by atoms with E-state index in [1.54, 1.807) is 6.92 Å². The van der Waals surface area contributed by atoms with E-state index in [9.17, 15) is 23.6 Å². The van der Waals surface area contributed by atoms with Gasteiger partial charge in [0.15, 0.2) is 12.0 Å². The number of fused-ring (bicyclic) bond motifs is 3. The Balaban J connectivity index is 1.46. The molecule has 3 aromatic rings. The molecule has 0 saturated heterocycles. The maximum atomic E-state index is 14.6. The van der Waals surface area contributed by atoms with Gasteiger partial charge in [-0.1, -0.05) is 41.9 Å². The van der Waals surface area contributed by atoms with Gasteiger partial charge < -0.3 is 10.5 Å². The number of amides is 1. The summed E-state index contributed by atoms with van der Waals surface area (Å²) < 4.78 is 29.6. The van der Waals surface area contributed by atoms with Crippen LogP contribution in [0.5, 0.6) is 0 Å². The summed E-state index contributed by atoms with van der Waals surface area (Å²) in [7, 11) is 0. The van der Waals surface area contributed by atoms with E-state index in [-0.39, 0.29) is 39.8 Å². The topological polar surface area (TPSA) is 73.1 Å². The van der Waals surface area contributed by atoms with Gasteiger partial charge in [-0.15, -0.1) is 0 Å². The van der Waals surface area contributed by atoms with Crippen molar-refractivity contribution in [2.75, 3.05) is 0 Å². The molecule has 1 N–H and O–H groups in total. The van der Waals surface area contributed by atoms with Crippen molar-refractivity contribution in [1.29, 1.82) is 0 Å². The number of halogens is 3. The normalized spacial score (nSPS) is 23.2. The van der Waals surface area contributed by atoms with Crippen LogP contribution in [0, 0.1) is 22.3 Å². The summed E-state index contributed by atoms with van der Waals surface area (Å²) in [5.74, 6) is -2.67. The van der Waals surface area contributed by atoms with Crippen molar-refractivity contribution in [2.45, 2.75) is 63.3 Å². The lowest BCUT2D eigenvalue weighted by atomic mass is 9.56. The third-order valence-corrected chi connectivity index (χ3v) is 8.91. The van der Waals surface area contributed by atoms with E-state index in [0.29, 0.717) is 4.73 Å². The maximum Gasteiger partial charge on any atom is 0.234 e. The van der Waals surface area contributed by atoms with Crippen molar-refractivity contribution >= 4 is 23.3 Å². The SMILES string of the molecule is CC(=O)C12CCC(NC(=O)C(Cc3ccccc3)c3ccc(-c4c(F)ccc(Cl)c4F)c[n+]3[O-])(CC1)CC2. The standard InChI is InChI=1S/C30H29ClF2N2O3/c1-19(36)29-11-14-30(15-12-29,16-13-29)34-28(37)22(17-20-5-3-2-4-6-20)25-10-7-21(18-35(25)38)26-24(32)9-8-23(31)27(26)33/h2-10,18,22H,11-17H2,1H3,(H,34,37). The number of aromatic nitrogens is 1. The average molecular weight is 539 g/mol. The molecular formula is C30H29ClF2N2O3. The van der Waals surface area contributed by atoms with Crippen LogP contribution in [0.1, 0.15) is 62.6 Å². The molecule has 1 amide bonds. The van der Waals surface area contributed by atoms with Crippen molar-refractivity contribution in [3.05, 3.63) is 93.9 Å². The van der Waals surface area contributed by atoms with Gasteiger partial charge in [0.05, 0.1) is 16.1 Å². The number of rotatable bonds is 7. The summed E-state index contributed by atoms with van der Waals surface area (Å²) in [4.78, 5) is 26.1. The Hall–Kier alpha value is -3.32. The van der Waals surface area contributed by atoms with Crippen LogP contribution in [0.15, 0.2) is 60.8 Å². The van der Waals surface area contributed by atoms with Crippen LogP contribution < -0.4 is 10.0 Å². The highest BCUT2D eigenvalue weighted by atomic mass is 35.5. The molecular weight excluding hydrogens is 510 g/mol. The minimum absolute atomic E-state index is 0.0267. The lowest BCUT2D eigenvalue weighted by Crippen LogP contribution is -2.59. The van der Waals surface area contributed by atoms with Crippen molar-refractivity contribution < 1.29 is 23.1 Å². The smallest absolute Gasteiger partial charge is 0.234 e. The Morgan fingerprint density at radius 1 is 1.00 bits per heavy atom. The van der Waals surface area contributed by atoms with Crippen molar-refractivity contribution in [3.8, 4) is 11.1 Å². The lowest BCUT2D eigenvalue weighted by molar-refractivity contribution is -0.614. The highest BCUT2D eigenvalue weighted by Crippen LogP contribution is 2.53. The van der Waals surface area contributed by atoms with Crippen molar-refractivity contribution in [1.82, 2.24) is 5.32 Å². The molecule has 0 aliphatic heterocycles. The quantitative estimate of drug-likeness (QED) is 0.226. The van der Waals surface area contributed by atoms with Crippen LogP contribution in [0.4, 0.5) is 8.78 Å². The molecule has 0 spiro atoms. The van der Waals surface area contributed by atoms with E-state index < -0.39 is 28.7 Å². The number of pyridine rings is 1. The summed E-state index contributed by atoms with van der Waals surface area (Å²) in [5.41, 5.74) is 0.0235. The zero-order valence-electron chi connectivity index (χ0n) is 21.1. The van der Waals surface area contributed by atoms with Gasteiger partial charge in [-0.25, -0.2) is 8.78 Å². The van der Waals surface area contributed by atoms with Crippen molar-refractivity contribution in [3.63, 3.8) is 0 Å².